The number of nitrogens with two attached hydrogens (primary N) is 1. The number of ether oxygens (including phenoxy) is 1. The molecular formula is C11H12FN3O. The first-order valence-electron chi connectivity index (χ1n) is 4.82. The van der Waals surface area contributed by atoms with E-state index < -0.39 is 0 Å². The molecule has 5 heteroatoms. The van der Waals surface area contributed by atoms with Crippen molar-refractivity contribution in [2.45, 2.75) is 6.61 Å². The van der Waals surface area contributed by atoms with Gasteiger partial charge in [-0.2, -0.15) is 0 Å². The molecule has 1 heterocycles. The van der Waals surface area contributed by atoms with Gasteiger partial charge in [-0.1, -0.05) is 12.1 Å². The summed E-state index contributed by atoms with van der Waals surface area (Å²) in [5.74, 6) is 0.257. The van der Waals surface area contributed by atoms with Crippen LogP contribution in [-0.2, 0) is 13.7 Å². The summed E-state index contributed by atoms with van der Waals surface area (Å²) < 4.78 is 20.2. The minimum Gasteiger partial charge on any atom is -0.484 e. The molecule has 2 aromatic rings. The van der Waals surface area contributed by atoms with Gasteiger partial charge in [0.2, 0.25) is 0 Å². The van der Waals surface area contributed by atoms with E-state index in [1.54, 1.807) is 36.0 Å². The summed E-state index contributed by atoms with van der Waals surface area (Å²) in [6.45, 7) is 0.238. The third-order valence-electron chi connectivity index (χ3n) is 2.33. The van der Waals surface area contributed by atoms with Gasteiger partial charge in [-0.15, -0.1) is 0 Å². The van der Waals surface area contributed by atoms with Crippen molar-refractivity contribution >= 4 is 5.95 Å². The van der Waals surface area contributed by atoms with E-state index in [9.17, 15) is 4.39 Å². The number of halogens is 1. The molecule has 0 saturated heterocycles. The predicted molar refractivity (Wildman–Crippen MR) is 58.4 cm³/mol. The van der Waals surface area contributed by atoms with E-state index in [0.29, 0.717) is 5.95 Å². The number of para-hydroxylation sites is 1. The van der Waals surface area contributed by atoms with Crippen LogP contribution in [0.15, 0.2) is 30.5 Å². The van der Waals surface area contributed by atoms with Gasteiger partial charge in [-0.05, 0) is 12.1 Å². The molecule has 0 unspecified atom stereocenters. The van der Waals surface area contributed by atoms with Crippen LogP contribution < -0.4 is 10.5 Å². The lowest BCUT2D eigenvalue weighted by Crippen LogP contribution is -2.05. The predicted octanol–water partition coefficient (Wildman–Crippen LogP) is 1.72. The van der Waals surface area contributed by atoms with Crippen molar-refractivity contribution in [1.82, 2.24) is 9.55 Å². The maximum absolute atomic E-state index is 13.2. The number of hydrogen-bond acceptors (Lipinski definition) is 3. The summed E-state index contributed by atoms with van der Waals surface area (Å²) in [5, 5.41) is 0. The summed E-state index contributed by atoms with van der Waals surface area (Å²) in [5.41, 5.74) is 6.35. The molecule has 0 bridgehead atoms. The molecule has 0 saturated carbocycles. The summed E-state index contributed by atoms with van der Waals surface area (Å²) in [6.07, 6.45) is 1.61. The van der Waals surface area contributed by atoms with Crippen LogP contribution in [0.4, 0.5) is 10.3 Å². The highest BCUT2D eigenvalue weighted by Crippen LogP contribution is 2.17. The van der Waals surface area contributed by atoms with E-state index >= 15 is 0 Å². The quantitative estimate of drug-likeness (QED) is 0.858. The van der Waals surface area contributed by atoms with E-state index in [4.69, 9.17) is 10.5 Å². The van der Waals surface area contributed by atoms with Gasteiger partial charge in [-0.3, -0.25) is 0 Å². The van der Waals surface area contributed by atoms with Crippen molar-refractivity contribution in [2.24, 2.45) is 7.05 Å². The number of anilines is 1. The molecule has 84 valence electrons. The zero-order valence-electron chi connectivity index (χ0n) is 8.85. The summed E-state index contributed by atoms with van der Waals surface area (Å²) in [6, 6.07) is 6.27. The van der Waals surface area contributed by atoms with Gasteiger partial charge in [0, 0.05) is 7.05 Å². The zero-order chi connectivity index (χ0) is 11.5. The first kappa shape index (κ1) is 10.5. The summed E-state index contributed by atoms with van der Waals surface area (Å²) in [4.78, 5) is 3.92. The Bertz CT molecular complexity index is 496. The Labute approximate surface area is 92.5 Å². The highest BCUT2D eigenvalue weighted by molar-refractivity contribution is 5.25. The molecular weight excluding hydrogens is 209 g/mol. The fraction of sp³-hybridized carbons (Fsp3) is 0.182. The Kier molecular flexibility index (Phi) is 2.76. The normalized spacial score (nSPS) is 10.4. The fourth-order valence-electron chi connectivity index (χ4n) is 1.31. The second-order valence-corrected chi connectivity index (χ2v) is 3.39. The highest BCUT2D eigenvalue weighted by Gasteiger charge is 2.06. The molecule has 1 aromatic heterocycles. The highest BCUT2D eigenvalue weighted by atomic mass is 19.1. The van der Waals surface area contributed by atoms with E-state index in [0.717, 1.165) is 5.69 Å². The molecule has 4 nitrogen and oxygen atoms in total. The molecule has 0 radical (unpaired) electrons. The molecule has 0 atom stereocenters. The number of benzene rings is 1. The van der Waals surface area contributed by atoms with E-state index in [-0.39, 0.29) is 18.2 Å². The van der Waals surface area contributed by atoms with Crippen LogP contribution in [-0.4, -0.2) is 9.55 Å². The smallest absolute Gasteiger partial charge is 0.200 e. The molecule has 0 aliphatic heterocycles. The second kappa shape index (κ2) is 4.22. The van der Waals surface area contributed by atoms with Crippen LogP contribution in [0.3, 0.4) is 0 Å². The van der Waals surface area contributed by atoms with Gasteiger partial charge in [0.1, 0.15) is 6.61 Å². The molecule has 16 heavy (non-hydrogen) atoms. The Morgan fingerprint density at radius 2 is 2.19 bits per heavy atom. The monoisotopic (exact) mass is 221 g/mol. The van der Waals surface area contributed by atoms with Gasteiger partial charge in [-0.25, -0.2) is 9.37 Å². The van der Waals surface area contributed by atoms with Crippen molar-refractivity contribution in [3.8, 4) is 5.75 Å². The number of rotatable bonds is 3. The maximum Gasteiger partial charge on any atom is 0.200 e. The largest absolute Gasteiger partial charge is 0.484 e. The van der Waals surface area contributed by atoms with Crippen LogP contribution in [0.5, 0.6) is 5.75 Å². The summed E-state index contributed by atoms with van der Waals surface area (Å²) >= 11 is 0. The second-order valence-electron chi connectivity index (χ2n) is 3.39. The average molecular weight is 221 g/mol. The van der Waals surface area contributed by atoms with E-state index in [1.165, 1.54) is 6.07 Å². The van der Waals surface area contributed by atoms with Crippen LogP contribution in [0.1, 0.15) is 5.69 Å². The van der Waals surface area contributed by atoms with Crippen LogP contribution >= 0.6 is 0 Å². The van der Waals surface area contributed by atoms with Crippen molar-refractivity contribution < 1.29 is 9.13 Å². The lowest BCUT2D eigenvalue weighted by atomic mass is 10.3. The van der Waals surface area contributed by atoms with Crippen molar-refractivity contribution in [1.29, 1.82) is 0 Å². The third-order valence-corrected chi connectivity index (χ3v) is 2.33. The average Bonchev–Trinajstić information content (AvgIpc) is 2.59. The lowest BCUT2D eigenvalue weighted by molar-refractivity contribution is 0.282. The molecule has 0 fully saturated rings. The molecule has 1 aromatic carbocycles. The van der Waals surface area contributed by atoms with Gasteiger partial charge in [0.05, 0.1) is 11.9 Å². The SMILES string of the molecule is Cn1c(COc2ccccc2F)cnc1N. The lowest BCUT2D eigenvalue weighted by Gasteiger charge is -2.07. The molecule has 0 amide bonds. The number of imidazole rings is 1. The topological polar surface area (TPSA) is 53.1 Å². The van der Waals surface area contributed by atoms with Gasteiger partial charge in [0.15, 0.2) is 17.5 Å². The number of aromatic nitrogens is 2. The molecule has 2 N–H and O–H groups in total. The Hall–Kier alpha value is -2.04. The maximum atomic E-state index is 13.2. The van der Waals surface area contributed by atoms with Crippen LogP contribution in [0.2, 0.25) is 0 Å². The Morgan fingerprint density at radius 3 is 2.81 bits per heavy atom. The van der Waals surface area contributed by atoms with Crippen molar-refractivity contribution in [3.05, 3.63) is 42.0 Å². The number of hydrogen-bond donors (Lipinski definition) is 1. The fourth-order valence-corrected chi connectivity index (χ4v) is 1.31. The summed E-state index contributed by atoms with van der Waals surface area (Å²) in [7, 11) is 1.78. The number of nitrogens with zero attached hydrogens (tertiary/aromatic N) is 2. The molecule has 0 spiro atoms. The Balaban J connectivity index is 2.08. The third kappa shape index (κ3) is 1.98. The van der Waals surface area contributed by atoms with E-state index in [1.807, 2.05) is 0 Å². The standard InChI is InChI=1S/C11H12FN3O/c1-15-8(6-14-11(15)13)7-16-10-5-3-2-4-9(10)12/h2-6H,7H2,1H3,(H2,13,14). The minimum atomic E-state index is -0.377. The number of nitrogen functional groups attached to an aromatic ring is 1. The van der Waals surface area contributed by atoms with Gasteiger partial charge >= 0.3 is 0 Å². The Morgan fingerprint density at radius 1 is 1.44 bits per heavy atom. The molecule has 2 rings (SSSR count). The minimum absolute atomic E-state index is 0.224. The van der Waals surface area contributed by atoms with E-state index in [2.05, 4.69) is 4.98 Å². The zero-order valence-corrected chi connectivity index (χ0v) is 8.85. The molecule has 0 aliphatic carbocycles. The molecule has 0 aliphatic rings. The van der Waals surface area contributed by atoms with Crippen molar-refractivity contribution in [3.63, 3.8) is 0 Å². The first-order chi connectivity index (χ1) is 7.68. The van der Waals surface area contributed by atoms with Crippen LogP contribution in [0.25, 0.3) is 0 Å². The van der Waals surface area contributed by atoms with Crippen LogP contribution in [0, 0.1) is 5.82 Å². The van der Waals surface area contributed by atoms with Crippen molar-refractivity contribution in [2.75, 3.05) is 5.73 Å². The van der Waals surface area contributed by atoms with Gasteiger partial charge < -0.3 is 15.0 Å². The van der Waals surface area contributed by atoms with Gasteiger partial charge in [0.25, 0.3) is 0 Å². The first-order valence-corrected chi connectivity index (χ1v) is 4.82.